The molecule has 0 saturated heterocycles. The Morgan fingerprint density at radius 2 is 2.10 bits per heavy atom. The van der Waals surface area contributed by atoms with E-state index in [9.17, 15) is 9.59 Å². The second-order valence-electron chi connectivity index (χ2n) is 4.50. The summed E-state index contributed by atoms with van der Waals surface area (Å²) in [6.07, 6.45) is 1.35. The highest BCUT2D eigenvalue weighted by molar-refractivity contribution is 6.13. The summed E-state index contributed by atoms with van der Waals surface area (Å²) in [7, 11) is 0. The molecule has 0 aliphatic rings. The molecule has 2 amide bonds. The molecule has 106 valence electrons. The number of benzene rings is 1. The maximum absolute atomic E-state index is 12.0. The molecule has 0 radical (unpaired) electrons. The smallest absolute Gasteiger partial charge is 0.294 e. The van der Waals surface area contributed by atoms with Crippen LogP contribution in [0.3, 0.4) is 0 Å². The number of nitrogens with zero attached hydrogens (tertiary/aromatic N) is 1. The molecule has 2 aromatic heterocycles. The third-order valence-electron chi connectivity index (χ3n) is 2.97. The Hall–Kier alpha value is -3.09. The molecule has 0 atom stereocenters. The van der Waals surface area contributed by atoms with Crippen molar-refractivity contribution in [2.24, 2.45) is 5.73 Å². The Labute approximate surface area is 118 Å². The number of fused-ring (bicyclic) bond motifs is 1. The number of hydrogen-bond acceptors (Lipinski definition) is 5. The zero-order valence-electron chi connectivity index (χ0n) is 11.0. The molecule has 21 heavy (non-hydrogen) atoms. The Morgan fingerprint density at radius 1 is 1.29 bits per heavy atom. The van der Waals surface area contributed by atoms with Crippen molar-refractivity contribution in [3.05, 3.63) is 47.5 Å². The summed E-state index contributed by atoms with van der Waals surface area (Å²) in [5.74, 6) is -1.40. The lowest BCUT2D eigenvalue weighted by molar-refractivity contribution is 0.0977. The van der Waals surface area contributed by atoms with Gasteiger partial charge in [-0.05, 0) is 24.6 Å². The molecule has 0 aliphatic heterocycles. The van der Waals surface area contributed by atoms with E-state index in [1.807, 2.05) is 13.0 Å². The van der Waals surface area contributed by atoms with Crippen molar-refractivity contribution < 1.29 is 18.5 Å². The largest absolute Gasteiger partial charge is 0.449 e. The number of hydrogen-bond donors (Lipinski definition) is 2. The van der Waals surface area contributed by atoms with E-state index < -0.39 is 11.8 Å². The van der Waals surface area contributed by atoms with Gasteiger partial charge in [0.1, 0.15) is 11.3 Å². The molecule has 0 bridgehead atoms. The van der Waals surface area contributed by atoms with E-state index in [1.54, 1.807) is 12.1 Å². The Balaban J connectivity index is 2.09. The van der Waals surface area contributed by atoms with Crippen LogP contribution in [0.5, 0.6) is 0 Å². The lowest BCUT2D eigenvalue weighted by atomic mass is 10.1. The van der Waals surface area contributed by atoms with Gasteiger partial charge in [-0.2, -0.15) is 0 Å². The van der Waals surface area contributed by atoms with Gasteiger partial charge in [0.05, 0.1) is 6.20 Å². The van der Waals surface area contributed by atoms with E-state index in [1.165, 1.54) is 12.3 Å². The third kappa shape index (κ3) is 2.25. The number of carbonyl (C=O) groups excluding carboxylic acids is 2. The molecule has 2 heterocycles. The van der Waals surface area contributed by atoms with E-state index in [4.69, 9.17) is 14.7 Å². The van der Waals surface area contributed by atoms with Crippen LogP contribution in [0.2, 0.25) is 0 Å². The molecular formula is C14H11N3O4. The van der Waals surface area contributed by atoms with Gasteiger partial charge in [0.2, 0.25) is 11.5 Å². The van der Waals surface area contributed by atoms with Gasteiger partial charge in [-0.15, -0.1) is 0 Å². The molecule has 7 nitrogen and oxygen atoms in total. The van der Waals surface area contributed by atoms with E-state index in [2.05, 4.69) is 10.5 Å². The molecule has 7 heteroatoms. The number of aromatic nitrogens is 1. The van der Waals surface area contributed by atoms with Gasteiger partial charge in [0.25, 0.3) is 11.8 Å². The van der Waals surface area contributed by atoms with Crippen molar-refractivity contribution >= 4 is 28.5 Å². The summed E-state index contributed by atoms with van der Waals surface area (Å²) in [6.45, 7) is 1.89. The van der Waals surface area contributed by atoms with E-state index in [0.717, 1.165) is 5.56 Å². The van der Waals surface area contributed by atoms with Crippen molar-refractivity contribution in [1.29, 1.82) is 0 Å². The number of carbonyl (C=O) groups is 2. The van der Waals surface area contributed by atoms with Crippen LogP contribution in [0.15, 0.2) is 39.4 Å². The van der Waals surface area contributed by atoms with Gasteiger partial charge < -0.3 is 20.0 Å². The van der Waals surface area contributed by atoms with Crippen molar-refractivity contribution in [2.75, 3.05) is 5.32 Å². The highest BCUT2D eigenvalue weighted by atomic mass is 16.5. The number of amides is 2. The van der Waals surface area contributed by atoms with Crippen LogP contribution >= 0.6 is 0 Å². The van der Waals surface area contributed by atoms with Gasteiger partial charge >= 0.3 is 0 Å². The summed E-state index contributed by atoms with van der Waals surface area (Å²) in [5, 5.41) is 6.61. The zero-order valence-corrected chi connectivity index (χ0v) is 11.0. The predicted molar refractivity (Wildman–Crippen MR) is 73.9 cm³/mol. The minimum absolute atomic E-state index is 0.0203. The fourth-order valence-electron chi connectivity index (χ4n) is 2.01. The minimum atomic E-state index is -0.767. The number of aryl methyl sites for hydroxylation is 1. The first-order valence-electron chi connectivity index (χ1n) is 6.11. The van der Waals surface area contributed by atoms with Crippen molar-refractivity contribution in [1.82, 2.24) is 5.16 Å². The van der Waals surface area contributed by atoms with E-state index in [-0.39, 0.29) is 17.2 Å². The monoisotopic (exact) mass is 285 g/mol. The van der Waals surface area contributed by atoms with Crippen LogP contribution in [0.1, 0.15) is 26.7 Å². The molecule has 3 aromatic rings. The van der Waals surface area contributed by atoms with E-state index >= 15 is 0 Å². The topological polar surface area (TPSA) is 111 Å². The van der Waals surface area contributed by atoms with Gasteiger partial charge in [-0.1, -0.05) is 11.2 Å². The number of anilines is 1. The normalized spacial score (nSPS) is 10.7. The zero-order chi connectivity index (χ0) is 15.0. The first kappa shape index (κ1) is 12.9. The quantitative estimate of drug-likeness (QED) is 0.765. The van der Waals surface area contributed by atoms with Gasteiger partial charge in [-0.25, -0.2) is 0 Å². The second-order valence-corrected chi connectivity index (χ2v) is 4.50. The molecule has 3 rings (SSSR count). The summed E-state index contributed by atoms with van der Waals surface area (Å²) >= 11 is 0. The third-order valence-corrected chi connectivity index (χ3v) is 2.97. The van der Waals surface area contributed by atoms with Crippen LogP contribution in [-0.2, 0) is 0 Å². The van der Waals surface area contributed by atoms with Crippen molar-refractivity contribution in [3.8, 4) is 0 Å². The standard InChI is InChI=1S/C14H11N3O4/c1-7-2-3-8-10(6-7)20-12(13(15)18)11(8)17-14(19)9-4-5-16-21-9/h2-6H,1H3,(H2,15,18)(H,17,19). The summed E-state index contributed by atoms with van der Waals surface area (Å²) in [5.41, 5.74) is 6.94. The van der Waals surface area contributed by atoms with Crippen LogP contribution < -0.4 is 11.1 Å². The fraction of sp³-hybridized carbons (Fsp3) is 0.0714. The number of nitrogens with one attached hydrogen (secondary N) is 1. The first-order valence-corrected chi connectivity index (χ1v) is 6.11. The summed E-state index contributed by atoms with van der Waals surface area (Å²) < 4.78 is 10.2. The minimum Gasteiger partial charge on any atom is -0.449 e. The molecular weight excluding hydrogens is 274 g/mol. The molecule has 3 N–H and O–H groups in total. The summed E-state index contributed by atoms with van der Waals surface area (Å²) in [4.78, 5) is 23.5. The van der Waals surface area contributed by atoms with Crippen LogP contribution in [0, 0.1) is 6.92 Å². The van der Waals surface area contributed by atoms with Crippen LogP contribution in [0.4, 0.5) is 5.69 Å². The molecule has 0 spiro atoms. The van der Waals surface area contributed by atoms with E-state index in [0.29, 0.717) is 11.0 Å². The molecule has 1 aromatic carbocycles. The highest BCUT2D eigenvalue weighted by Gasteiger charge is 2.22. The number of primary amides is 1. The van der Waals surface area contributed by atoms with Gasteiger partial charge in [0.15, 0.2) is 0 Å². The first-order chi connectivity index (χ1) is 10.1. The predicted octanol–water partition coefficient (Wildman–Crippen LogP) is 2.08. The van der Waals surface area contributed by atoms with Crippen molar-refractivity contribution in [3.63, 3.8) is 0 Å². The molecule has 0 unspecified atom stereocenters. The lowest BCUT2D eigenvalue weighted by Gasteiger charge is -2.02. The number of furan rings is 1. The van der Waals surface area contributed by atoms with Crippen LogP contribution in [-0.4, -0.2) is 17.0 Å². The number of rotatable bonds is 3. The average Bonchev–Trinajstić information content (AvgIpc) is 3.06. The molecule has 0 saturated carbocycles. The maximum Gasteiger partial charge on any atom is 0.294 e. The average molecular weight is 285 g/mol. The molecule has 0 fully saturated rings. The second kappa shape index (κ2) is 4.78. The molecule has 0 aliphatic carbocycles. The van der Waals surface area contributed by atoms with Crippen molar-refractivity contribution in [2.45, 2.75) is 6.92 Å². The van der Waals surface area contributed by atoms with Crippen LogP contribution in [0.25, 0.3) is 11.0 Å². The Bertz CT molecular complexity index is 833. The highest BCUT2D eigenvalue weighted by Crippen LogP contribution is 2.31. The SMILES string of the molecule is Cc1ccc2c(NC(=O)c3ccno3)c(C(N)=O)oc2c1. The lowest BCUT2D eigenvalue weighted by Crippen LogP contribution is -2.16. The maximum atomic E-state index is 12.0. The number of nitrogens with two attached hydrogens (primary N) is 1. The Kier molecular flexibility index (Phi) is 2.94. The fourth-order valence-corrected chi connectivity index (χ4v) is 2.01. The van der Waals surface area contributed by atoms with Gasteiger partial charge in [0, 0.05) is 11.5 Å². The van der Waals surface area contributed by atoms with Gasteiger partial charge in [-0.3, -0.25) is 9.59 Å². The Morgan fingerprint density at radius 3 is 2.76 bits per heavy atom. The summed E-state index contributed by atoms with van der Waals surface area (Å²) in [6, 6.07) is 6.75.